The average Bonchev–Trinajstić information content (AvgIpc) is 1.79. The van der Waals surface area contributed by atoms with E-state index in [-0.39, 0.29) is 0 Å². The van der Waals surface area contributed by atoms with E-state index < -0.39 is 30.2 Å². The molecule has 0 radical (unpaired) electrons. The maximum Gasteiger partial charge on any atom is 0.432 e. The van der Waals surface area contributed by atoms with E-state index in [1.165, 1.54) is 0 Å². The number of rotatable bonds is 2. The number of Topliss-reactive ketones (excluding diaryl/α,β-unsaturated/α-hetero) is 1. The number of ketones is 1. The number of halogens is 7. The second kappa shape index (κ2) is 3.39. The summed E-state index contributed by atoms with van der Waals surface area (Å²) in [4.78, 5) is 10.1. The van der Waals surface area contributed by atoms with Crippen LogP contribution < -0.4 is 0 Å². The van der Waals surface area contributed by atoms with Crippen LogP contribution >= 0.6 is 0 Å². The zero-order valence-corrected chi connectivity index (χ0v) is 6.76. The van der Waals surface area contributed by atoms with Gasteiger partial charge in [-0.25, -0.2) is 4.39 Å². The molecule has 0 heterocycles. The standard InChI is InChI=1S/C6H5F7O/c1-3(14)2-4(7,5(8,9)10)6(11,12)13/h2H2,1H3. The highest BCUT2D eigenvalue weighted by Gasteiger charge is 2.72. The van der Waals surface area contributed by atoms with Crippen LogP contribution in [-0.2, 0) is 4.79 Å². The normalized spacial score (nSPS) is 14.3. The topological polar surface area (TPSA) is 17.1 Å². The van der Waals surface area contributed by atoms with Gasteiger partial charge in [0, 0.05) is 0 Å². The van der Waals surface area contributed by atoms with Crippen LogP contribution in [0, 0.1) is 0 Å². The lowest BCUT2D eigenvalue weighted by molar-refractivity contribution is -0.340. The van der Waals surface area contributed by atoms with Crippen molar-refractivity contribution in [2.24, 2.45) is 0 Å². The summed E-state index contributed by atoms with van der Waals surface area (Å²) in [5, 5.41) is 0. The largest absolute Gasteiger partial charge is 0.432 e. The van der Waals surface area contributed by atoms with Crippen molar-refractivity contribution < 1.29 is 35.5 Å². The summed E-state index contributed by atoms with van der Waals surface area (Å²) in [6, 6.07) is 0. The average molecular weight is 226 g/mol. The number of hydrogen-bond donors (Lipinski definition) is 0. The van der Waals surface area contributed by atoms with E-state index in [1.54, 1.807) is 0 Å². The number of alkyl halides is 7. The SMILES string of the molecule is CC(=O)CC(F)(C(F)(F)F)C(F)(F)F. The lowest BCUT2D eigenvalue weighted by Gasteiger charge is -2.28. The third-order valence-electron chi connectivity index (χ3n) is 1.39. The van der Waals surface area contributed by atoms with Crippen LogP contribution in [0.1, 0.15) is 13.3 Å². The van der Waals surface area contributed by atoms with Gasteiger partial charge in [-0.1, -0.05) is 0 Å². The Hall–Kier alpha value is -0.820. The van der Waals surface area contributed by atoms with Gasteiger partial charge in [0.15, 0.2) is 0 Å². The van der Waals surface area contributed by atoms with Crippen molar-refractivity contribution in [3.05, 3.63) is 0 Å². The molecule has 0 aromatic rings. The van der Waals surface area contributed by atoms with Crippen molar-refractivity contribution >= 4 is 5.78 Å². The van der Waals surface area contributed by atoms with Crippen molar-refractivity contribution in [3.63, 3.8) is 0 Å². The second-order valence-corrected chi connectivity index (χ2v) is 2.68. The molecule has 0 saturated carbocycles. The summed E-state index contributed by atoms with van der Waals surface area (Å²) in [5.41, 5.74) is -5.45. The smallest absolute Gasteiger partial charge is 0.300 e. The first-order valence-electron chi connectivity index (χ1n) is 3.23. The van der Waals surface area contributed by atoms with E-state index in [4.69, 9.17) is 0 Å². The molecule has 0 bridgehead atoms. The molecule has 0 unspecified atom stereocenters. The molecule has 0 rings (SSSR count). The van der Waals surface area contributed by atoms with Crippen LogP contribution in [0.2, 0.25) is 0 Å². The number of hydrogen-bond acceptors (Lipinski definition) is 1. The molecular weight excluding hydrogens is 221 g/mol. The zero-order chi connectivity index (χ0) is 11.8. The predicted octanol–water partition coefficient (Wildman–Crippen LogP) is 2.80. The van der Waals surface area contributed by atoms with Crippen LogP contribution in [-0.4, -0.2) is 23.8 Å². The minimum absolute atomic E-state index is 0.450. The molecule has 0 atom stereocenters. The van der Waals surface area contributed by atoms with E-state index in [0.717, 1.165) is 0 Å². The second-order valence-electron chi connectivity index (χ2n) is 2.68. The highest BCUT2D eigenvalue weighted by atomic mass is 19.4. The first kappa shape index (κ1) is 13.2. The Bertz CT molecular complexity index is 211. The highest BCUT2D eigenvalue weighted by Crippen LogP contribution is 2.48. The van der Waals surface area contributed by atoms with Crippen LogP contribution in [0.15, 0.2) is 0 Å². The minimum atomic E-state index is -6.14. The molecule has 1 nitrogen and oxygen atoms in total. The maximum absolute atomic E-state index is 12.6. The Morgan fingerprint density at radius 1 is 0.929 bits per heavy atom. The molecule has 84 valence electrons. The molecule has 0 aromatic heterocycles. The highest BCUT2D eigenvalue weighted by molar-refractivity contribution is 5.77. The van der Waals surface area contributed by atoms with E-state index in [2.05, 4.69) is 0 Å². The fourth-order valence-corrected chi connectivity index (χ4v) is 0.704. The maximum atomic E-state index is 12.6. The summed E-state index contributed by atoms with van der Waals surface area (Å²) >= 11 is 0. The fraction of sp³-hybridized carbons (Fsp3) is 0.833. The van der Waals surface area contributed by atoms with Gasteiger partial charge < -0.3 is 0 Å². The molecular formula is C6H5F7O. The third-order valence-corrected chi connectivity index (χ3v) is 1.39. The quantitative estimate of drug-likeness (QED) is 0.661. The van der Waals surface area contributed by atoms with E-state index in [9.17, 15) is 35.5 Å². The molecule has 0 aliphatic rings. The van der Waals surface area contributed by atoms with Crippen molar-refractivity contribution in [1.82, 2.24) is 0 Å². The van der Waals surface area contributed by atoms with Gasteiger partial charge in [-0.2, -0.15) is 26.3 Å². The van der Waals surface area contributed by atoms with E-state index in [0.29, 0.717) is 6.92 Å². The molecule has 0 amide bonds. The molecule has 0 aromatic carbocycles. The predicted molar refractivity (Wildman–Crippen MR) is 31.2 cm³/mol. The van der Waals surface area contributed by atoms with Gasteiger partial charge in [-0.05, 0) is 6.92 Å². The first-order valence-corrected chi connectivity index (χ1v) is 3.23. The van der Waals surface area contributed by atoms with Crippen LogP contribution in [0.3, 0.4) is 0 Å². The van der Waals surface area contributed by atoms with Gasteiger partial charge in [-0.3, -0.25) is 4.79 Å². The lowest BCUT2D eigenvalue weighted by atomic mass is 9.98. The van der Waals surface area contributed by atoms with Crippen LogP contribution in [0.4, 0.5) is 30.7 Å². The van der Waals surface area contributed by atoms with Crippen molar-refractivity contribution in [2.75, 3.05) is 0 Å². The van der Waals surface area contributed by atoms with Gasteiger partial charge >= 0.3 is 18.0 Å². The van der Waals surface area contributed by atoms with Crippen molar-refractivity contribution in [3.8, 4) is 0 Å². The molecule has 0 N–H and O–H groups in total. The third kappa shape index (κ3) is 2.36. The molecule has 0 aliphatic heterocycles. The first-order chi connectivity index (χ1) is 5.92. The molecule has 0 spiro atoms. The fourth-order valence-electron chi connectivity index (χ4n) is 0.704. The summed E-state index contributed by atoms with van der Waals surface area (Å²) in [7, 11) is 0. The van der Waals surface area contributed by atoms with Gasteiger partial charge in [-0.15, -0.1) is 0 Å². The van der Waals surface area contributed by atoms with E-state index in [1.807, 2.05) is 0 Å². The molecule has 0 saturated heterocycles. The Balaban J connectivity index is 5.18. The van der Waals surface area contributed by atoms with Crippen LogP contribution in [0.25, 0.3) is 0 Å². The summed E-state index contributed by atoms with van der Waals surface area (Å²) in [6.07, 6.45) is -14.5. The number of carbonyl (C=O) groups is 1. The van der Waals surface area contributed by atoms with Crippen molar-refractivity contribution in [2.45, 2.75) is 31.4 Å². The molecule has 0 aliphatic carbocycles. The Labute approximate surface area is 73.9 Å². The summed E-state index contributed by atoms with van der Waals surface area (Å²) in [5.74, 6) is -1.53. The van der Waals surface area contributed by atoms with Gasteiger partial charge in [0.25, 0.3) is 0 Å². The Morgan fingerprint density at radius 3 is 1.29 bits per heavy atom. The minimum Gasteiger partial charge on any atom is -0.300 e. The van der Waals surface area contributed by atoms with Gasteiger partial charge in [0.05, 0.1) is 6.42 Å². The van der Waals surface area contributed by atoms with Crippen LogP contribution in [0.5, 0.6) is 0 Å². The van der Waals surface area contributed by atoms with Gasteiger partial charge in [0.1, 0.15) is 5.78 Å². The van der Waals surface area contributed by atoms with Crippen molar-refractivity contribution in [1.29, 1.82) is 0 Å². The Morgan fingerprint density at radius 2 is 1.21 bits per heavy atom. The lowest BCUT2D eigenvalue weighted by Crippen LogP contribution is -2.54. The molecule has 14 heavy (non-hydrogen) atoms. The Kier molecular flexibility index (Phi) is 3.19. The summed E-state index contributed by atoms with van der Waals surface area (Å²) < 4.78 is 82.9. The van der Waals surface area contributed by atoms with E-state index >= 15 is 0 Å². The molecule has 8 heteroatoms. The zero-order valence-electron chi connectivity index (χ0n) is 6.76. The monoisotopic (exact) mass is 226 g/mol. The number of carbonyl (C=O) groups excluding carboxylic acids is 1. The summed E-state index contributed by atoms with van der Waals surface area (Å²) in [6.45, 7) is 0.450. The van der Waals surface area contributed by atoms with Gasteiger partial charge in [0.2, 0.25) is 0 Å². The molecule has 0 fully saturated rings.